The average Bonchev–Trinajstić information content (AvgIpc) is 3.00. The zero-order valence-corrected chi connectivity index (χ0v) is 11.3. The highest BCUT2D eigenvalue weighted by molar-refractivity contribution is 5.48. The van der Waals surface area contributed by atoms with Crippen molar-refractivity contribution in [3.63, 3.8) is 0 Å². The maximum absolute atomic E-state index is 5.85. The van der Waals surface area contributed by atoms with Gasteiger partial charge in [-0.15, -0.1) is 0 Å². The average molecular weight is 262 g/mol. The van der Waals surface area contributed by atoms with E-state index in [2.05, 4.69) is 26.6 Å². The first-order chi connectivity index (χ1) is 9.42. The molecule has 104 valence electrons. The molecule has 5 heteroatoms. The van der Waals surface area contributed by atoms with Gasteiger partial charge < -0.3 is 20.3 Å². The molecule has 0 aliphatic carbocycles. The molecule has 2 aliphatic rings. The van der Waals surface area contributed by atoms with E-state index in [1.54, 1.807) is 6.20 Å². The SMILES string of the molecule is c1ncc(N2CCNCC2)cc1OC[C@@H]1CCCN1. The van der Waals surface area contributed by atoms with Crippen LogP contribution >= 0.6 is 0 Å². The third kappa shape index (κ3) is 3.36. The van der Waals surface area contributed by atoms with Crippen LogP contribution in [-0.4, -0.2) is 50.4 Å². The monoisotopic (exact) mass is 262 g/mol. The summed E-state index contributed by atoms with van der Waals surface area (Å²) in [4.78, 5) is 6.65. The molecule has 1 aromatic rings. The van der Waals surface area contributed by atoms with Crippen molar-refractivity contribution in [2.45, 2.75) is 18.9 Å². The van der Waals surface area contributed by atoms with E-state index in [9.17, 15) is 0 Å². The molecule has 2 aliphatic heterocycles. The topological polar surface area (TPSA) is 49.4 Å². The molecule has 2 fully saturated rings. The molecule has 19 heavy (non-hydrogen) atoms. The van der Waals surface area contributed by atoms with E-state index < -0.39 is 0 Å². The summed E-state index contributed by atoms with van der Waals surface area (Å²) in [6.45, 7) is 6.01. The number of rotatable bonds is 4. The van der Waals surface area contributed by atoms with Gasteiger partial charge in [0.1, 0.15) is 12.4 Å². The number of nitrogens with zero attached hydrogens (tertiary/aromatic N) is 2. The molecule has 0 bridgehead atoms. The van der Waals surface area contributed by atoms with Crippen molar-refractivity contribution in [2.75, 3.05) is 44.2 Å². The quantitative estimate of drug-likeness (QED) is 0.833. The molecular weight excluding hydrogens is 240 g/mol. The molecule has 0 radical (unpaired) electrons. The number of piperazine rings is 1. The lowest BCUT2D eigenvalue weighted by atomic mass is 10.2. The van der Waals surface area contributed by atoms with E-state index in [-0.39, 0.29) is 0 Å². The highest BCUT2D eigenvalue weighted by atomic mass is 16.5. The summed E-state index contributed by atoms with van der Waals surface area (Å²) in [5.74, 6) is 0.879. The lowest BCUT2D eigenvalue weighted by Gasteiger charge is -2.29. The van der Waals surface area contributed by atoms with E-state index in [1.165, 1.54) is 18.5 Å². The van der Waals surface area contributed by atoms with Crippen LogP contribution in [0, 0.1) is 0 Å². The predicted octanol–water partition coefficient (Wildman–Crippen LogP) is 0.622. The Kier molecular flexibility index (Phi) is 4.15. The Morgan fingerprint density at radius 3 is 2.95 bits per heavy atom. The van der Waals surface area contributed by atoms with Gasteiger partial charge in [-0.25, -0.2) is 0 Å². The zero-order valence-electron chi connectivity index (χ0n) is 11.3. The maximum Gasteiger partial charge on any atom is 0.139 e. The summed E-state index contributed by atoms with van der Waals surface area (Å²) in [5.41, 5.74) is 1.17. The number of nitrogens with one attached hydrogen (secondary N) is 2. The van der Waals surface area contributed by atoms with Gasteiger partial charge in [0.25, 0.3) is 0 Å². The second-order valence-corrected chi connectivity index (χ2v) is 5.22. The van der Waals surface area contributed by atoms with Gasteiger partial charge in [-0.3, -0.25) is 4.98 Å². The summed E-state index contributed by atoms with van der Waals surface area (Å²) in [6.07, 6.45) is 6.20. The first-order valence-corrected chi connectivity index (χ1v) is 7.19. The Labute approximate surface area is 114 Å². The van der Waals surface area contributed by atoms with Crippen LogP contribution in [0.2, 0.25) is 0 Å². The van der Waals surface area contributed by atoms with Crippen LogP contribution in [0.5, 0.6) is 5.75 Å². The number of hydrogen-bond acceptors (Lipinski definition) is 5. The predicted molar refractivity (Wildman–Crippen MR) is 75.8 cm³/mol. The van der Waals surface area contributed by atoms with Crippen molar-refractivity contribution in [1.82, 2.24) is 15.6 Å². The minimum absolute atomic E-state index is 0.503. The Bertz CT molecular complexity index is 400. The van der Waals surface area contributed by atoms with E-state index in [1.807, 2.05) is 6.20 Å². The third-order valence-electron chi connectivity index (χ3n) is 3.79. The summed E-state index contributed by atoms with van der Waals surface area (Å²) >= 11 is 0. The molecule has 3 rings (SSSR count). The van der Waals surface area contributed by atoms with E-state index in [4.69, 9.17) is 4.74 Å². The molecule has 2 saturated heterocycles. The first-order valence-electron chi connectivity index (χ1n) is 7.19. The van der Waals surface area contributed by atoms with E-state index in [0.717, 1.165) is 45.1 Å². The Morgan fingerprint density at radius 2 is 2.16 bits per heavy atom. The number of anilines is 1. The third-order valence-corrected chi connectivity index (χ3v) is 3.79. The van der Waals surface area contributed by atoms with Gasteiger partial charge >= 0.3 is 0 Å². The fourth-order valence-electron chi connectivity index (χ4n) is 2.68. The summed E-state index contributed by atoms with van der Waals surface area (Å²) in [5, 5.41) is 6.80. The molecule has 1 atom stereocenters. The van der Waals surface area contributed by atoms with Gasteiger partial charge in [-0.1, -0.05) is 0 Å². The van der Waals surface area contributed by atoms with Crippen LogP contribution in [0.15, 0.2) is 18.5 Å². The number of hydrogen-bond donors (Lipinski definition) is 2. The summed E-state index contributed by atoms with van der Waals surface area (Å²) < 4.78 is 5.85. The normalized spacial score (nSPS) is 23.6. The van der Waals surface area contributed by atoms with Gasteiger partial charge in [-0.05, 0) is 19.4 Å². The van der Waals surface area contributed by atoms with Crippen molar-refractivity contribution in [1.29, 1.82) is 0 Å². The molecule has 3 heterocycles. The first kappa shape index (κ1) is 12.7. The Hall–Kier alpha value is -1.33. The lowest BCUT2D eigenvalue weighted by Crippen LogP contribution is -2.43. The van der Waals surface area contributed by atoms with Crippen LogP contribution in [0.3, 0.4) is 0 Å². The van der Waals surface area contributed by atoms with E-state index >= 15 is 0 Å². The number of ether oxygens (including phenoxy) is 1. The molecular formula is C14H22N4O. The number of pyridine rings is 1. The molecule has 0 saturated carbocycles. The summed E-state index contributed by atoms with van der Waals surface area (Å²) in [6, 6.07) is 2.61. The van der Waals surface area contributed by atoms with Crippen molar-refractivity contribution in [3.8, 4) is 5.75 Å². The van der Waals surface area contributed by atoms with Crippen LogP contribution in [-0.2, 0) is 0 Å². The standard InChI is InChI=1S/C14H22N4O/c1-2-12(17-3-1)11-19-14-8-13(9-16-10-14)18-6-4-15-5-7-18/h8-10,12,15,17H,1-7,11H2/t12-/m0/s1. The number of aromatic nitrogens is 1. The molecule has 2 N–H and O–H groups in total. The molecule has 0 spiro atoms. The van der Waals surface area contributed by atoms with Gasteiger partial charge in [0.15, 0.2) is 0 Å². The second kappa shape index (κ2) is 6.21. The fourth-order valence-corrected chi connectivity index (χ4v) is 2.68. The van der Waals surface area contributed by atoms with Crippen LogP contribution in [0.4, 0.5) is 5.69 Å². The molecule has 0 amide bonds. The van der Waals surface area contributed by atoms with E-state index in [0.29, 0.717) is 6.04 Å². The van der Waals surface area contributed by atoms with Gasteiger partial charge in [0.2, 0.25) is 0 Å². The molecule has 5 nitrogen and oxygen atoms in total. The lowest BCUT2D eigenvalue weighted by molar-refractivity contribution is 0.276. The van der Waals surface area contributed by atoms with Crippen molar-refractivity contribution in [2.24, 2.45) is 0 Å². The van der Waals surface area contributed by atoms with Gasteiger partial charge in [0.05, 0.1) is 18.1 Å². The van der Waals surface area contributed by atoms with Crippen LogP contribution in [0.25, 0.3) is 0 Å². The minimum Gasteiger partial charge on any atom is -0.490 e. The van der Waals surface area contributed by atoms with Crippen molar-refractivity contribution in [3.05, 3.63) is 18.5 Å². The van der Waals surface area contributed by atoms with Crippen LogP contribution in [0.1, 0.15) is 12.8 Å². The fraction of sp³-hybridized carbons (Fsp3) is 0.643. The summed E-state index contributed by atoms with van der Waals surface area (Å²) in [7, 11) is 0. The minimum atomic E-state index is 0.503. The largest absolute Gasteiger partial charge is 0.490 e. The zero-order chi connectivity index (χ0) is 12.9. The second-order valence-electron chi connectivity index (χ2n) is 5.22. The van der Waals surface area contributed by atoms with Crippen LogP contribution < -0.4 is 20.3 Å². The molecule has 0 unspecified atom stereocenters. The smallest absolute Gasteiger partial charge is 0.139 e. The van der Waals surface area contributed by atoms with Crippen molar-refractivity contribution >= 4 is 5.69 Å². The van der Waals surface area contributed by atoms with Gasteiger partial charge in [0, 0.05) is 38.3 Å². The maximum atomic E-state index is 5.85. The molecule has 0 aromatic carbocycles. The van der Waals surface area contributed by atoms with Crippen molar-refractivity contribution < 1.29 is 4.74 Å². The molecule has 1 aromatic heterocycles. The highest BCUT2D eigenvalue weighted by Crippen LogP contribution is 2.20. The Balaban J connectivity index is 1.58. The highest BCUT2D eigenvalue weighted by Gasteiger charge is 2.15. The van der Waals surface area contributed by atoms with Gasteiger partial charge in [-0.2, -0.15) is 0 Å². The Morgan fingerprint density at radius 1 is 1.26 bits per heavy atom.